The Morgan fingerprint density at radius 1 is 1.08 bits per heavy atom. The SMILES string of the molecule is C[C@@](CC(=O)O)(NC(=O)c1nc(-c2ccccc2)cs1)c1ccccc1. The summed E-state index contributed by atoms with van der Waals surface area (Å²) in [6.45, 7) is 1.71. The van der Waals surface area contributed by atoms with Gasteiger partial charge in [-0.3, -0.25) is 9.59 Å². The van der Waals surface area contributed by atoms with E-state index in [2.05, 4.69) is 10.3 Å². The van der Waals surface area contributed by atoms with Crippen molar-refractivity contribution in [3.8, 4) is 11.3 Å². The van der Waals surface area contributed by atoms with Crippen LogP contribution in [-0.4, -0.2) is 22.0 Å². The minimum Gasteiger partial charge on any atom is -0.481 e. The first-order chi connectivity index (χ1) is 12.5. The normalized spacial score (nSPS) is 13.0. The molecule has 0 saturated carbocycles. The van der Waals surface area contributed by atoms with Crippen LogP contribution in [-0.2, 0) is 10.3 Å². The monoisotopic (exact) mass is 366 g/mol. The number of nitrogens with one attached hydrogen (secondary N) is 1. The standard InChI is InChI=1S/C20H18N2O3S/c1-20(12-17(23)24,15-10-6-3-7-11-15)22-18(25)19-21-16(13-26-19)14-8-4-2-5-9-14/h2-11,13H,12H2,1H3,(H,22,25)(H,23,24)/t20-/m0/s1. The predicted molar refractivity (Wildman–Crippen MR) is 101 cm³/mol. The van der Waals surface area contributed by atoms with Crippen LogP contribution in [0.4, 0.5) is 0 Å². The van der Waals surface area contributed by atoms with Crippen molar-refractivity contribution in [2.45, 2.75) is 18.9 Å². The number of rotatable bonds is 6. The van der Waals surface area contributed by atoms with Gasteiger partial charge in [0.25, 0.3) is 5.91 Å². The van der Waals surface area contributed by atoms with Crippen LogP contribution in [0.25, 0.3) is 11.3 Å². The molecule has 3 rings (SSSR count). The number of aliphatic carboxylic acids is 1. The van der Waals surface area contributed by atoms with Crippen LogP contribution in [0, 0.1) is 0 Å². The highest BCUT2D eigenvalue weighted by Gasteiger charge is 2.32. The lowest BCUT2D eigenvalue weighted by Crippen LogP contribution is -2.45. The van der Waals surface area contributed by atoms with Gasteiger partial charge in [-0.1, -0.05) is 60.7 Å². The van der Waals surface area contributed by atoms with E-state index in [1.807, 2.05) is 53.9 Å². The van der Waals surface area contributed by atoms with Gasteiger partial charge in [0, 0.05) is 10.9 Å². The molecule has 0 bridgehead atoms. The molecule has 132 valence electrons. The Balaban J connectivity index is 1.85. The van der Waals surface area contributed by atoms with Gasteiger partial charge < -0.3 is 10.4 Å². The fraction of sp³-hybridized carbons (Fsp3) is 0.150. The molecule has 26 heavy (non-hydrogen) atoms. The molecule has 1 heterocycles. The molecule has 0 aliphatic heterocycles. The maximum atomic E-state index is 12.7. The zero-order chi connectivity index (χ0) is 18.6. The fourth-order valence-corrected chi connectivity index (χ4v) is 3.47. The molecule has 2 N–H and O–H groups in total. The van der Waals surface area contributed by atoms with E-state index in [-0.39, 0.29) is 12.3 Å². The first-order valence-electron chi connectivity index (χ1n) is 8.09. The number of hydrogen-bond donors (Lipinski definition) is 2. The Labute approximate surface area is 155 Å². The number of benzene rings is 2. The van der Waals surface area contributed by atoms with Crippen molar-refractivity contribution >= 4 is 23.2 Å². The third-order valence-electron chi connectivity index (χ3n) is 4.07. The molecule has 6 heteroatoms. The third-order valence-corrected chi connectivity index (χ3v) is 4.91. The van der Waals surface area contributed by atoms with Crippen LogP contribution in [0.15, 0.2) is 66.0 Å². The second-order valence-corrected chi connectivity index (χ2v) is 6.98. The lowest BCUT2D eigenvalue weighted by molar-refractivity contribution is -0.138. The number of aromatic nitrogens is 1. The highest BCUT2D eigenvalue weighted by molar-refractivity contribution is 7.12. The Morgan fingerprint density at radius 2 is 1.69 bits per heavy atom. The average Bonchev–Trinajstić information content (AvgIpc) is 3.13. The van der Waals surface area contributed by atoms with Gasteiger partial charge in [-0.25, -0.2) is 4.98 Å². The molecule has 1 amide bonds. The predicted octanol–water partition coefficient (Wildman–Crippen LogP) is 3.93. The summed E-state index contributed by atoms with van der Waals surface area (Å²) < 4.78 is 0. The topological polar surface area (TPSA) is 79.3 Å². The summed E-state index contributed by atoms with van der Waals surface area (Å²) in [7, 11) is 0. The van der Waals surface area contributed by atoms with E-state index in [4.69, 9.17) is 0 Å². The molecular weight excluding hydrogens is 348 g/mol. The van der Waals surface area contributed by atoms with Crippen molar-refractivity contribution in [3.05, 3.63) is 76.6 Å². The number of carbonyl (C=O) groups excluding carboxylic acids is 1. The van der Waals surface area contributed by atoms with Crippen molar-refractivity contribution < 1.29 is 14.7 Å². The van der Waals surface area contributed by atoms with E-state index < -0.39 is 11.5 Å². The number of nitrogens with zero attached hydrogens (tertiary/aromatic N) is 1. The summed E-state index contributed by atoms with van der Waals surface area (Å²) in [6.07, 6.45) is -0.223. The molecule has 1 atom stereocenters. The van der Waals surface area contributed by atoms with Gasteiger partial charge >= 0.3 is 5.97 Å². The fourth-order valence-electron chi connectivity index (χ4n) is 2.75. The first kappa shape index (κ1) is 17.8. The number of carboxylic acid groups (broad SMARTS) is 1. The molecule has 1 aromatic heterocycles. The first-order valence-corrected chi connectivity index (χ1v) is 8.97. The molecule has 0 saturated heterocycles. The lowest BCUT2D eigenvalue weighted by atomic mass is 9.88. The highest BCUT2D eigenvalue weighted by atomic mass is 32.1. The zero-order valence-electron chi connectivity index (χ0n) is 14.2. The summed E-state index contributed by atoms with van der Waals surface area (Å²) in [6, 6.07) is 18.7. The Morgan fingerprint density at radius 3 is 2.31 bits per heavy atom. The van der Waals surface area contributed by atoms with Gasteiger partial charge in [0.2, 0.25) is 0 Å². The van der Waals surface area contributed by atoms with E-state index in [1.54, 1.807) is 19.1 Å². The van der Waals surface area contributed by atoms with Crippen LogP contribution < -0.4 is 5.32 Å². The summed E-state index contributed by atoms with van der Waals surface area (Å²) in [4.78, 5) is 28.4. The molecule has 0 radical (unpaired) electrons. The van der Waals surface area contributed by atoms with Gasteiger partial charge in [-0.15, -0.1) is 11.3 Å². The Kier molecular flexibility index (Phi) is 5.14. The number of amides is 1. The third kappa shape index (κ3) is 3.97. The highest BCUT2D eigenvalue weighted by Crippen LogP contribution is 2.27. The molecule has 0 aliphatic rings. The van der Waals surface area contributed by atoms with Crippen LogP contribution in [0.2, 0.25) is 0 Å². The van der Waals surface area contributed by atoms with Crippen LogP contribution in [0.3, 0.4) is 0 Å². The zero-order valence-corrected chi connectivity index (χ0v) is 15.0. The molecule has 0 aliphatic carbocycles. The summed E-state index contributed by atoms with van der Waals surface area (Å²) in [5, 5.41) is 14.3. The Bertz CT molecular complexity index is 909. The van der Waals surface area contributed by atoms with E-state index >= 15 is 0 Å². The molecular formula is C20H18N2O3S. The van der Waals surface area contributed by atoms with Crippen molar-refractivity contribution in [1.29, 1.82) is 0 Å². The lowest BCUT2D eigenvalue weighted by Gasteiger charge is -2.29. The van der Waals surface area contributed by atoms with Gasteiger partial charge in [-0.05, 0) is 12.5 Å². The molecule has 2 aromatic carbocycles. The van der Waals surface area contributed by atoms with Gasteiger partial charge in [0.15, 0.2) is 5.01 Å². The minimum absolute atomic E-state index is 0.223. The van der Waals surface area contributed by atoms with Gasteiger partial charge in [-0.2, -0.15) is 0 Å². The number of hydrogen-bond acceptors (Lipinski definition) is 4. The molecule has 5 nitrogen and oxygen atoms in total. The molecule has 3 aromatic rings. The van der Waals surface area contributed by atoms with Crippen LogP contribution in [0.5, 0.6) is 0 Å². The van der Waals surface area contributed by atoms with E-state index in [9.17, 15) is 14.7 Å². The van der Waals surface area contributed by atoms with Crippen molar-refractivity contribution in [1.82, 2.24) is 10.3 Å². The molecule has 0 unspecified atom stereocenters. The number of thiazole rings is 1. The molecule has 0 fully saturated rings. The minimum atomic E-state index is -1.03. The second kappa shape index (κ2) is 7.49. The number of carboxylic acids is 1. The van der Waals surface area contributed by atoms with E-state index in [0.717, 1.165) is 16.8 Å². The maximum absolute atomic E-state index is 12.7. The average molecular weight is 366 g/mol. The maximum Gasteiger partial charge on any atom is 0.306 e. The Hall–Kier alpha value is -2.99. The van der Waals surface area contributed by atoms with Gasteiger partial charge in [0.1, 0.15) is 0 Å². The summed E-state index contributed by atoms with van der Waals surface area (Å²) in [5.41, 5.74) is 1.36. The summed E-state index contributed by atoms with van der Waals surface area (Å²) >= 11 is 1.24. The van der Waals surface area contributed by atoms with Crippen molar-refractivity contribution in [2.24, 2.45) is 0 Å². The van der Waals surface area contributed by atoms with E-state index in [0.29, 0.717) is 5.01 Å². The van der Waals surface area contributed by atoms with Gasteiger partial charge in [0.05, 0.1) is 17.7 Å². The molecule has 0 spiro atoms. The van der Waals surface area contributed by atoms with Crippen LogP contribution in [0.1, 0.15) is 28.7 Å². The van der Waals surface area contributed by atoms with Crippen LogP contribution >= 0.6 is 11.3 Å². The van der Waals surface area contributed by atoms with Crippen molar-refractivity contribution in [3.63, 3.8) is 0 Å². The summed E-state index contributed by atoms with van der Waals surface area (Å²) in [5.74, 6) is -1.37. The van der Waals surface area contributed by atoms with Crippen molar-refractivity contribution in [2.75, 3.05) is 0 Å². The second-order valence-electron chi connectivity index (χ2n) is 6.13. The number of carbonyl (C=O) groups is 2. The quantitative estimate of drug-likeness (QED) is 0.693. The largest absolute Gasteiger partial charge is 0.481 e. The smallest absolute Gasteiger partial charge is 0.306 e. The van der Waals surface area contributed by atoms with E-state index in [1.165, 1.54) is 11.3 Å².